The van der Waals surface area contributed by atoms with E-state index in [0.29, 0.717) is 0 Å². The van der Waals surface area contributed by atoms with Crippen molar-refractivity contribution >= 4 is 5.97 Å². The fraction of sp³-hybridized carbons (Fsp3) is 0.682. The highest BCUT2D eigenvalue weighted by Gasteiger charge is 2.17. The fourth-order valence-electron chi connectivity index (χ4n) is 3.06. The zero-order valence-corrected chi connectivity index (χ0v) is 16.4. The summed E-state index contributed by atoms with van der Waals surface area (Å²) < 4.78 is 31.9. The van der Waals surface area contributed by atoms with Gasteiger partial charge in [-0.25, -0.2) is 13.6 Å². The van der Waals surface area contributed by atoms with E-state index in [1.54, 1.807) is 0 Å². The molecule has 0 saturated heterocycles. The Hall–Kier alpha value is -1.45. The molecule has 0 aromatic heterocycles. The molecular formula is C22H34F2O2. The van der Waals surface area contributed by atoms with Crippen molar-refractivity contribution in [3.63, 3.8) is 0 Å². The van der Waals surface area contributed by atoms with E-state index in [0.717, 1.165) is 57.1 Å². The Morgan fingerprint density at radius 3 is 2.00 bits per heavy atom. The molecule has 148 valence electrons. The van der Waals surface area contributed by atoms with Crippen molar-refractivity contribution in [3.05, 3.63) is 35.4 Å². The average molecular weight is 369 g/mol. The Balaban J connectivity index is 2.45. The van der Waals surface area contributed by atoms with Crippen molar-refractivity contribution in [2.45, 2.75) is 97.0 Å². The maximum atomic E-state index is 13.3. The molecule has 1 aromatic rings. The summed E-state index contributed by atoms with van der Waals surface area (Å²) in [4.78, 5) is 12.2. The lowest BCUT2D eigenvalue weighted by Gasteiger charge is -2.18. The quantitative estimate of drug-likeness (QED) is 0.256. The zero-order chi connectivity index (χ0) is 19.2. The Bertz CT molecular complexity index is 517. The highest BCUT2D eigenvalue weighted by molar-refractivity contribution is 5.89. The number of halogens is 2. The van der Waals surface area contributed by atoms with Crippen molar-refractivity contribution in [2.75, 3.05) is 0 Å². The third-order valence-electron chi connectivity index (χ3n) is 4.69. The number of hydrogen-bond acceptors (Lipinski definition) is 2. The molecule has 0 aliphatic rings. The molecule has 0 aliphatic carbocycles. The van der Waals surface area contributed by atoms with Gasteiger partial charge in [-0.2, -0.15) is 0 Å². The van der Waals surface area contributed by atoms with Gasteiger partial charge in [0.05, 0.1) is 5.56 Å². The van der Waals surface area contributed by atoms with Gasteiger partial charge in [0.15, 0.2) is 11.6 Å². The first kappa shape index (κ1) is 22.6. The second-order valence-electron chi connectivity index (χ2n) is 7.06. The Morgan fingerprint density at radius 1 is 0.846 bits per heavy atom. The first-order valence-corrected chi connectivity index (χ1v) is 10.2. The summed E-state index contributed by atoms with van der Waals surface area (Å²) in [6.07, 6.45) is 13.3. The molecule has 0 amide bonds. The van der Waals surface area contributed by atoms with E-state index >= 15 is 0 Å². The molecule has 1 aromatic carbocycles. The monoisotopic (exact) mass is 368 g/mol. The van der Waals surface area contributed by atoms with Crippen LogP contribution in [0.1, 0.15) is 101 Å². The number of carbonyl (C=O) groups is 1. The lowest BCUT2D eigenvalue weighted by Crippen LogP contribution is -2.19. The molecule has 1 unspecified atom stereocenters. The van der Waals surface area contributed by atoms with Gasteiger partial charge in [0.1, 0.15) is 6.10 Å². The highest BCUT2D eigenvalue weighted by Crippen LogP contribution is 2.18. The van der Waals surface area contributed by atoms with E-state index < -0.39 is 17.6 Å². The van der Waals surface area contributed by atoms with Crippen molar-refractivity contribution in [2.24, 2.45) is 0 Å². The Labute approximate surface area is 157 Å². The van der Waals surface area contributed by atoms with Crippen molar-refractivity contribution in [3.8, 4) is 0 Å². The maximum absolute atomic E-state index is 13.3. The van der Waals surface area contributed by atoms with Gasteiger partial charge in [0, 0.05) is 0 Å². The van der Waals surface area contributed by atoms with Crippen LogP contribution in [0.4, 0.5) is 8.78 Å². The van der Waals surface area contributed by atoms with Gasteiger partial charge in [-0.1, -0.05) is 65.2 Å². The topological polar surface area (TPSA) is 26.3 Å². The van der Waals surface area contributed by atoms with E-state index in [1.807, 2.05) is 0 Å². The van der Waals surface area contributed by atoms with Crippen molar-refractivity contribution < 1.29 is 18.3 Å². The van der Waals surface area contributed by atoms with Crippen molar-refractivity contribution in [1.29, 1.82) is 0 Å². The lowest BCUT2D eigenvalue weighted by molar-refractivity contribution is 0.0248. The van der Waals surface area contributed by atoms with Crippen LogP contribution in [0.3, 0.4) is 0 Å². The second-order valence-corrected chi connectivity index (χ2v) is 7.06. The van der Waals surface area contributed by atoms with Crippen LogP contribution in [-0.4, -0.2) is 12.1 Å². The lowest BCUT2D eigenvalue weighted by atomic mass is 10.0. The first-order chi connectivity index (χ1) is 12.6. The maximum Gasteiger partial charge on any atom is 0.338 e. The standard InChI is InChI=1S/C22H34F2O2/c1-3-5-7-8-9-10-12-14-19(13-11-6-4-2)26-22(25)18-15-16-20(23)21(24)17-18/h15-17,19H,3-14H2,1-2H3. The molecule has 0 spiro atoms. The van der Waals surface area contributed by atoms with Crippen LogP contribution in [0.15, 0.2) is 18.2 Å². The third kappa shape index (κ3) is 9.30. The second kappa shape index (κ2) is 13.7. The molecule has 2 nitrogen and oxygen atoms in total. The number of esters is 1. The molecule has 0 heterocycles. The third-order valence-corrected chi connectivity index (χ3v) is 4.69. The van der Waals surface area contributed by atoms with E-state index in [1.165, 1.54) is 38.2 Å². The van der Waals surface area contributed by atoms with E-state index in [4.69, 9.17) is 4.74 Å². The number of benzene rings is 1. The van der Waals surface area contributed by atoms with Gasteiger partial charge in [-0.05, 0) is 43.9 Å². The minimum Gasteiger partial charge on any atom is -0.459 e. The first-order valence-electron chi connectivity index (χ1n) is 10.2. The number of hydrogen-bond donors (Lipinski definition) is 0. The molecule has 0 fully saturated rings. The predicted octanol–water partition coefficient (Wildman–Crippen LogP) is 7.21. The smallest absolute Gasteiger partial charge is 0.338 e. The van der Waals surface area contributed by atoms with Crippen LogP contribution in [-0.2, 0) is 4.74 Å². The summed E-state index contributed by atoms with van der Waals surface area (Å²) in [7, 11) is 0. The molecule has 26 heavy (non-hydrogen) atoms. The number of ether oxygens (including phenoxy) is 1. The summed E-state index contributed by atoms with van der Waals surface area (Å²) in [5.41, 5.74) is 0.0731. The molecule has 1 rings (SSSR count). The number of unbranched alkanes of at least 4 members (excludes halogenated alkanes) is 8. The normalized spacial score (nSPS) is 12.2. The molecule has 0 saturated carbocycles. The average Bonchev–Trinajstić information content (AvgIpc) is 2.63. The van der Waals surface area contributed by atoms with Crippen LogP contribution < -0.4 is 0 Å². The SMILES string of the molecule is CCCCCCCCCC(CCCCC)OC(=O)c1ccc(F)c(F)c1. The molecular weight excluding hydrogens is 334 g/mol. The minimum atomic E-state index is -1.02. The summed E-state index contributed by atoms with van der Waals surface area (Å²) in [6, 6.07) is 3.15. The van der Waals surface area contributed by atoms with Gasteiger partial charge in [-0.3, -0.25) is 0 Å². The van der Waals surface area contributed by atoms with Gasteiger partial charge in [-0.15, -0.1) is 0 Å². The molecule has 0 radical (unpaired) electrons. The van der Waals surface area contributed by atoms with Crippen LogP contribution in [0.25, 0.3) is 0 Å². The summed E-state index contributed by atoms with van der Waals surface area (Å²) in [5.74, 6) is -2.54. The number of rotatable bonds is 14. The molecule has 0 N–H and O–H groups in total. The van der Waals surface area contributed by atoms with Gasteiger partial charge in [0.2, 0.25) is 0 Å². The minimum absolute atomic E-state index is 0.0731. The van der Waals surface area contributed by atoms with Gasteiger partial charge >= 0.3 is 5.97 Å². The fourth-order valence-corrected chi connectivity index (χ4v) is 3.06. The molecule has 0 bridgehead atoms. The van der Waals surface area contributed by atoms with Crippen molar-refractivity contribution in [1.82, 2.24) is 0 Å². The predicted molar refractivity (Wildman–Crippen MR) is 102 cm³/mol. The van der Waals surface area contributed by atoms with Gasteiger partial charge < -0.3 is 4.74 Å². The van der Waals surface area contributed by atoms with Crippen LogP contribution in [0, 0.1) is 11.6 Å². The highest BCUT2D eigenvalue weighted by atomic mass is 19.2. The molecule has 0 aliphatic heterocycles. The van der Waals surface area contributed by atoms with Crippen LogP contribution in [0.5, 0.6) is 0 Å². The summed E-state index contributed by atoms with van der Waals surface area (Å²) >= 11 is 0. The van der Waals surface area contributed by atoms with Crippen LogP contribution in [0.2, 0.25) is 0 Å². The molecule has 1 atom stereocenters. The van der Waals surface area contributed by atoms with Gasteiger partial charge in [0.25, 0.3) is 0 Å². The van der Waals surface area contributed by atoms with E-state index in [-0.39, 0.29) is 11.7 Å². The van der Waals surface area contributed by atoms with E-state index in [9.17, 15) is 13.6 Å². The molecule has 4 heteroatoms. The van der Waals surface area contributed by atoms with E-state index in [2.05, 4.69) is 13.8 Å². The Morgan fingerprint density at radius 2 is 1.38 bits per heavy atom. The number of carbonyl (C=O) groups excluding carboxylic acids is 1. The Kier molecular flexibility index (Phi) is 11.9. The van der Waals surface area contributed by atoms with Crippen LogP contribution >= 0.6 is 0 Å². The zero-order valence-electron chi connectivity index (χ0n) is 16.4. The largest absolute Gasteiger partial charge is 0.459 e. The summed E-state index contributed by atoms with van der Waals surface area (Å²) in [5, 5.41) is 0. The summed E-state index contributed by atoms with van der Waals surface area (Å²) in [6.45, 7) is 4.35.